The van der Waals surface area contributed by atoms with Gasteiger partial charge < -0.3 is 20.3 Å². The molecule has 0 fully saturated rings. The van der Waals surface area contributed by atoms with Gasteiger partial charge in [-0.25, -0.2) is 9.97 Å². The third-order valence-electron chi connectivity index (χ3n) is 9.05. The summed E-state index contributed by atoms with van der Waals surface area (Å²) in [5.74, 6) is 1.12. The van der Waals surface area contributed by atoms with E-state index in [9.17, 15) is 14.7 Å². The Morgan fingerprint density at radius 2 is 1.90 bits per heavy atom. The highest BCUT2D eigenvalue weighted by atomic mass is 16.3. The Kier molecular flexibility index (Phi) is 5.66. The number of amides is 2. The van der Waals surface area contributed by atoms with Gasteiger partial charge in [-0.3, -0.25) is 14.6 Å². The number of carbonyl (C=O) groups excluding carboxylic acids is 2. The molecule has 1 aliphatic carbocycles. The van der Waals surface area contributed by atoms with Crippen molar-refractivity contribution in [1.29, 1.82) is 0 Å². The Morgan fingerprint density at radius 1 is 1.10 bits per heavy atom. The predicted octanol–water partition coefficient (Wildman–Crippen LogP) is 4.11. The van der Waals surface area contributed by atoms with Crippen LogP contribution in [-0.2, 0) is 28.7 Å². The van der Waals surface area contributed by atoms with Crippen LogP contribution < -0.4 is 10.6 Å². The molecule has 1 aromatic carbocycles. The van der Waals surface area contributed by atoms with Gasteiger partial charge >= 0.3 is 0 Å². The molecule has 41 heavy (non-hydrogen) atoms. The van der Waals surface area contributed by atoms with Gasteiger partial charge in [0, 0.05) is 42.0 Å². The summed E-state index contributed by atoms with van der Waals surface area (Å²) in [6, 6.07) is 15.6. The van der Waals surface area contributed by atoms with Crippen LogP contribution in [-0.4, -0.2) is 36.4 Å². The molecule has 9 heteroatoms. The van der Waals surface area contributed by atoms with Crippen LogP contribution in [0.25, 0.3) is 0 Å². The van der Waals surface area contributed by atoms with Crippen molar-refractivity contribution in [3.63, 3.8) is 0 Å². The van der Waals surface area contributed by atoms with Crippen molar-refractivity contribution in [3.8, 4) is 0 Å². The van der Waals surface area contributed by atoms with E-state index in [1.807, 2.05) is 36.4 Å². The average Bonchev–Trinajstić information content (AvgIpc) is 3.65. The van der Waals surface area contributed by atoms with Gasteiger partial charge in [-0.1, -0.05) is 36.4 Å². The summed E-state index contributed by atoms with van der Waals surface area (Å²) in [5.41, 5.74) is 3.11. The molecule has 3 N–H and O–H groups in total. The molecule has 2 unspecified atom stereocenters. The molecule has 9 nitrogen and oxygen atoms in total. The number of pyridine rings is 2. The summed E-state index contributed by atoms with van der Waals surface area (Å²) in [5, 5.41) is 17.1. The van der Waals surface area contributed by atoms with Gasteiger partial charge in [-0.2, -0.15) is 0 Å². The van der Waals surface area contributed by atoms with E-state index in [0.29, 0.717) is 36.3 Å². The highest BCUT2D eigenvalue weighted by Gasteiger charge is 2.51. The number of fused-ring (bicyclic) bond motifs is 4. The third kappa shape index (κ3) is 3.98. The lowest BCUT2D eigenvalue weighted by Gasteiger charge is -2.38. The lowest BCUT2D eigenvalue weighted by atomic mass is 9.80. The van der Waals surface area contributed by atoms with Crippen molar-refractivity contribution in [2.75, 3.05) is 5.32 Å². The fraction of sp³-hybridized carbons (Fsp3) is 0.344. The van der Waals surface area contributed by atoms with Gasteiger partial charge in [-0.15, -0.1) is 0 Å². The number of carbonyl (C=O) groups is 2. The van der Waals surface area contributed by atoms with Crippen LogP contribution in [0.3, 0.4) is 0 Å². The Hall–Kier alpha value is -4.37. The molecule has 4 atom stereocenters. The Morgan fingerprint density at radius 3 is 2.68 bits per heavy atom. The summed E-state index contributed by atoms with van der Waals surface area (Å²) >= 11 is 0. The number of anilines is 1. The van der Waals surface area contributed by atoms with E-state index in [1.165, 1.54) is 5.56 Å². The number of nitrogens with one attached hydrogen (secondary N) is 2. The van der Waals surface area contributed by atoms with Gasteiger partial charge in [0.25, 0.3) is 5.91 Å². The minimum absolute atomic E-state index is 0.0391. The van der Waals surface area contributed by atoms with Crippen LogP contribution in [0.2, 0.25) is 0 Å². The second kappa shape index (κ2) is 9.07. The van der Waals surface area contributed by atoms with E-state index in [2.05, 4.69) is 49.2 Å². The van der Waals surface area contributed by atoms with Crippen LogP contribution in [0, 0.1) is 0 Å². The predicted molar refractivity (Wildman–Crippen MR) is 152 cm³/mol. The number of aromatic nitrogens is 4. The van der Waals surface area contributed by atoms with Crippen molar-refractivity contribution >= 4 is 17.6 Å². The lowest BCUT2D eigenvalue weighted by molar-refractivity contribution is -0.120. The number of imidazole rings is 1. The zero-order valence-corrected chi connectivity index (χ0v) is 23.3. The molecule has 7 rings (SSSR count). The van der Waals surface area contributed by atoms with E-state index in [1.54, 1.807) is 32.4 Å². The molecule has 3 aliphatic rings. The Balaban J connectivity index is 1.19. The first kappa shape index (κ1) is 25.6. The molecule has 3 aromatic heterocycles. The maximum absolute atomic E-state index is 13.7. The number of nitrogens with zero attached hydrogens (tertiary/aromatic N) is 4. The fourth-order valence-electron chi connectivity index (χ4n) is 6.97. The molecular weight excluding hydrogens is 516 g/mol. The van der Waals surface area contributed by atoms with Crippen LogP contribution in [0.1, 0.15) is 89.5 Å². The van der Waals surface area contributed by atoms with Gasteiger partial charge in [0.15, 0.2) is 0 Å². The number of hydrogen-bond acceptors (Lipinski definition) is 6. The second-order valence-electron chi connectivity index (χ2n) is 12.1. The lowest BCUT2D eigenvalue weighted by Crippen LogP contribution is -2.38. The van der Waals surface area contributed by atoms with Crippen molar-refractivity contribution in [1.82, 2.24) is 24.8 Å². The van der Waals surface area contributed by atoms with Gasteiger partial charge in [0.05, 0.1) is 28.9 Å². The molecule has 208 valence electrons. The number of rotatable bonds is 4. The van der Waals surface area contributed by atoms with E-state index >= 15 is 0 Å². The van der Waals surface area contributed by atoms with E-state index in [0.717, 1.165) is 22.6 Å². The van der Waals surface area contributed by atoms with Crippen LogP contribution in [0.15, 0.2) is 67.1 Å². The summed E-state index contributed by atoms with van der Waals surface area (Å²) in [7, 11) is 0. The smallest absolute Gasteiger partial charge is 0.253 e. The van der Waals surface area contributed by atoms with Crippen molar-refractivity contribution in [3.05, 3.63) is 107 Å². The highest BCUT2D eigenvalue weighted by Crippen LogP contribution is 2.47. The van der Waals surface area contributed by atoms with Gasteiger partial charge in [0.2, 0.25) is 5.91 Å². The van der Waals surface area contributed by atoms with Crippen LogP contribution in [0.5, 0.6) is 0 Å². The molecule has 1 spiro atoms. The van der Waals surface area contributed by atoms with Crippen molar-refractivity contribution in [2.24, 2.45) is 0 Å². The molecular formula is C32H32N6O3. The molecule has 0 radical (unpaired) electrons. The maximum Gasteiger partial charge on any atom is 0.253 e. The molecule has 0 bridgehead atoms. The number of aliphatic hydroxyl groups is 1. The van der Waals surface area contributed by atoms with Crippen molar-refractivity contribution in [2.45, 2.75) is 69.1 Å². The Bertz CT molecular complexity index is 1690. The summed E-state index contributed by atoms with van der Waals surface area (Å²) in [6.07, 6.45) is 6.60. The van der Waals surface area contributed by atoms with E-state index in [4.69, 9.17) is 0 Å². The van der Waals surface area contributed by atoms with Gasteiger partial charge in [0.1, 0.15) is 17.2 Å². The largest absolute Gasteiger partial charge is 0.384 e. The molecule has 2 amide bonds. The first-order valence-corrected chi connectivity index (χ1v) is 14.1. The third-order valence-corrected chi connectivity index (χ3v) is 9.05. The zero-order valence-electron chi connectivity index (χ0n) is 23.3. The van der Waals surface area contributed by atoms with E-state index < -0.39 is 11.0 Å². The molecule has 5 heterocycles. The quantitative estimate of drug-likeness (QED) is 0.353. The molecule has 0 saturated heterocycles. The summed E-state index contributed by atoms with van der Waals surface area (Å²) in [4.78, 5) is 40.4. The number of benzene rings is 1. The summed E-state index contributed by atoms with van der Waals surface area (Å²) in [6.45, 7) is 5.65. The maximum atomic E-state index is 13.7. The normalized spacial score (nSPS) is 24.5. The molecule has 2 aliphatic heterocycles. The minimum Gasteiger partial charge on any atom is -0.384 e. The summed E-state index contributed by atoms with van der Waals surface area (Å²) < 4.78 is 2.08. The van der Waals surface area contributed by atoms with E-state index in [-0.39, 0.29) is 29.8 Å². The van der Waals surface area contributed by atoms with Crippen LogP contribution >= 0.6 is 0 Å². The number of hydrogen-bond donors (Lipinski definition) is 3. The van der Waals surface area contributed by atoms with Crippen LogP contribution in [0.4, 0.5) is 5.82 Å². The fourth-order valence-corrected chi connectivity index (χ4v) is 6.97. The SMILES string of the molecule is CC1[C@H](c2ccccc2)C[C@H](NC(=O)c2cnc3c(c2)CC2(C3)C(=O)Nc3ncccc32)c2ncc(C(C)(C)O)n21. The molecule has 4 aromatic rings. The monoisotopic (exact) mass is 548 g/mol. The first-order chi connectivity index (χ1) is 19.7. The van der Waals surface area contributed by atoms with Gasteiger partial charge in [-0.05, 0) is 56.9 Å². The minimum atomic E-state index is -1.09. The standard InChI is InChI=1S/C32H32N6O3/c1-18-22(19-8-5-4-6-9-19)13-24(28-35-17-26(38(18)28)31(2,3)41)36-29(39)21-12-20-14-32(15-25(20)34-16-21)23-10-7-11-33-27(23)37-30(32)40/h4-12,16-18,22,24,41H,13-15H2,1-3H3,(H,36,39)(H,33,37,40)/t18?,22-,24+,32?/m1/s1. The second-order valence-corrected chi connectivity index (χ2v) is 12.1. The first-order valence-electron chi connectivity index (χ1n) is 14.1. The highest BCUT2D eigenvalue weighted by molar-refractivity contribution is 6.06. The Labute approximate surface area is 238 Å². The molecule has 0 saturated carbocycles. The average molecular weight is 549 g/mol. The van der Waals surface area contributed by atoms with Crippen molar-refractivity contribution < 1.29 is 14.7 Å². The topological polar surface area (TPSA) is 122 Å². The zero-order chi connectivity index (χ0) is 28.5.